The summed E-state index contributed by atoms with van der Waals surface area (Å²) in [5.74, 6) is 0.426. The molecule has 0 radical (unpaired) electrons. The number of hydrogen-bond donors (Lipinski definition) is 1. The lowest BCUT2D eigenvalue weighted by atomic mass is 10.2. The van der Waals surface area contributed by atoms with E-state index in [1.54, 1.807) is 12.3 Å². The molecule has 2 aromatic carbocycles. The monoisotopic (exact) mass is 356 g/mol. The Balaban J connectivity index is 1.60. The van der Waals surface area contributed by atoms with E-state index in [9.17, 15) is 4.39 Å². The molecule has 0 unspecified atom stereocenters. The first-order valence-electron chi connectivity index (χ1n) is 7.96. The Morgan fingerprint density at radius 2 is 1.88 bits per heavy atom. The maximum absolute atomic E-state index is 13.1. The first-order valence-corrected chi connectivity index (χ1v) is 8.34. The molecule has 0 aliphatic rings. The molecule has 1 heterocycles. The highest BCUT2D eigenvalue weighted by Gasteiger charge is 2.06. The Kier molecular flexibility index (Phi) is 5.99. The van der Waals surface area contributed by atoms with Gasteiger partial charge in [-0.15, -0.1) is 0 Å². The lowest BCUT2D eigenvalue weighted by Crippen LogP contribution is -2.13. The van der Waals surface area contributed by atoms with Crippen molar-refractivity contribution in [2.24, 2.45) is 0 Å². The third-order valence-electron chi connectivity index (χ3n) is 3.74. The molecule has 0 atom stereocenters. The van der Waals surface area contributed by atoms with Gasteiger partial charge in [0.05, 0.1) is 5.02 Å². The van der Waals surface area contributed by atoms with Crippen molar-refractivity contribution < 1.29 is 9.13 Å². The second-order valence-electron chi connectivity index (χ2n) is 5.60. The van der Waals surface area contributed by atoms with E-state index in [1.807, 2.05) is 42.6 Å². The molecule has 0 amide bonds. The highest BCUT2D eigenvalue weighted by atomic mass is 35.5. The summed E-state index contributed by atoms with van der Waals surface area (Å²) in [5, 5.41) is 3.75. The van der Waals surface area contributed by atoms with Gasteiger partial charge in [-0.3, -0.25) is 4.98 Å². The van der Waals surface area contributed by atoms with Gasteiger partial charge in [-0.2, -0.15) is 0 Å². The number of nitrogens with one attached hydrogen (secondary N) is 1. The second-order valence-corrected chi connectivity index (χ2v) is 6.00. The molecule has 3 nitrogen and oxygen atoms in total. The van der Waals surface area contributed by atoms with Gasteiger partial charge < -0.3 is 10.1 Å². The number of benzene rings is 2. The molecular formula is C20H18ClFN2O. The normalized spacial score (nSPS) is 10.6. The fourth-order valence-electron chi connectivity index (χ4n) is 2.43. The van der Waals surface area contributed by atoms with Crippen LogP contribution in [0, 0.1) is 5.82 Å². The van der Waals surface area contributed by atoms with Gasteiger partial charge in [0.2, 0.25) is 0 Å². The quantitative estimate of drug-likeness (QED) is 0.663. The minimum absolute atomic E-state index is 0.290. The van der Waals surface area contributed by atoms with Crippen molar-refractivity contribution in [3.05, 3.63) is 94.5 Å². The number of rotatable bonds is 7. The van der Waals surface area contributed by atoms with Crippen LogP contribution in [0.3, 0.4) is 0 Å². The van der Waals surface area contributed by atoms with Crippen molar-refractivity contribution in [3.63, 3.8) is 0 Å². The number of aromatic nitrogens is 1. The molecule has 1 N–H and O–H groups in total. The Hall–Kier alpha value is -2.43. The maximum Gasteiger partial charge on any atom is 0.124 e. The Morgan fingerprint density at radius 3 is 2.68 bits per heavy atom. The molecule has 25 heavy (non-hydrogen) atoms. The number of hydrogen-bond acceptors (Lipinski definition) is 3. The number of halogens is 2. The summed E-state index contributed by atoms with van der Waals surface area (Å²) in [4.78, 5) is 4.10. The predicted octanol–water partition coefficient (Wildman–Crippen LogP) is 4.74. The van der Waals surface area contributed by atoms with E-state index in [2.05, 4.69) is 10.3 Å². The van der Waals surface area contributed by atoms with Gasteiger partial charge in [-0.05, 0) is 29.8 Å². The van der Waals surface area contributed by atoms with Gasteiger partial charge in [0, 0.05) is 36.6 Å². The van der Waals surface area contributed by atoms with E-state index >= 15 is 0 Å². The van der Waals surface area contributed by atoms with E-state index in [0.29, 0.717) is 18.2 Å². The summed E-state index contributed by atoms with van der Waals surface area (Å²) in [7, 11) is 0. The molecule has 0 aliphatic heterocycles. The molecule has 1 aromatic heterocycles. The number of nitrogens with zero attached hydrogens (tertiary/aromatic N) is 1. The van der Waals surface area contributed by atoms with Crippen molar-refractivity contribution >= 4 is 11.6 Å². The highest BCUT2D eigenvalue weighted by Crippen LogP contribution is 2.22. The first-order chi connectivity index (χ1) is 12.2. The standard InChI is InChI=1S/C20H18ClFN2O/c21-19-10-18(22)8-7-17(19)14-25-20-6-2-1-5-16(20)13-24-12-15-4-3-9-23-11-15/h1-11,24H,12-14H2. The molecule has 0 spiro atoms. The van der Waals surface area contributed by atoms with Crippen LogP contribution in [0.2, 0.25) is 5.02 Å². The summed E-state index contributed by atoms with van der Waals surface area (Å²) in [6, 6.07) is 16.1. The van der Waals surface area contributed by atoms with Gasteiger partial charge in [-0.1, -0.05) is 41.9 Å². The zero-order valence-electron chi connectivity index (χ0n) is 13.6. The Bertz CT molecular complexity index is 827. The van der Waals surface area contributed by atoms with Crippen LogP contribution in [0.15, 0.2) is 67.0 Å². The van der Waals surface area contributed by atoms with Gasteiger partial charge in [-0.25, -0.2) is 4.39 Å². The van der Waals surface area contributed by atoms with E-state index in [4.69, 9.17) is 16.3 Å². The first kappa shape index (κ1) is 17.4. The number of ether oxygens (including phenoxy) is 1. The van der Waals surface area contributed by atoms with E-state index < -0.39 is 0 Å². The van der Waals surface area contributed by atoms with Crippen LogP contribution in [-0.4, -0.2) is 4.98 Å². The fraction of sp³-hybridized carbons (Fsp3) is 0.150. The molecule has 0 bridgehead atoms. The molecule has 5 heteroatoms. The average molecular weight is 357 g/mol. The summed E-state index contributed by atoms with van der Waals surface area (Å²) in [6.07, 6.45) is 3.60. The SMILES string of the molecule is Fc1ccc(COc2ccccc2CNCc2cccnc2)c(Cl)c1. The lowest BCUT2D eigenvalue weighted by Gasteiger charge is -2.13. The van der Waals surface area contributed by atoms with Crippen LogP contribution in [0.5, 0.6) is 5.75 Å². The van der Waals surface area contributed by atoms with Crippen LogP contribution in [0.25, 0.3) is 0 Å². The van der Waals surface area contributed by atoms with Crippen molar-refractivity contribution in [2.45, 2.75) is 19.7 Å². The number of para-hydroxylation sites is 1. The van der Waals surface area contributed by atoms with Gasteiger partial charge in [0.15, 0.2) is 0 Å². The summed E-state index contributed by atoms with van der Waals surface area (Å²) in [5.41, 5.74) is 2.92. The van der Waals surface area contributed by atoms with Crippen LogP contribution >= 0.6 is 11.6 Å². The Morgan fingerprint density at radius 1 is 1.00 bits per heavy atom. The molecule has 0 aliphatic carbocycles. The van der Waals surface area contributed by atoms with E-state index in [0.717, 1.165) is 29.0 Å². The smallest absolute Gasteiger partial charge is 0.124 e. The van der Waals surface area contributed by atoms with Crippen molar-refractivity contribution in [3.8, 4) is 5.75 Å². The summed E-state index contributed by atoms with van der Waals surface area (Å²) >= 11 is 6.05. The molecule has 0 saturated heterocycles. The van der Waals surface area contributed by atoms with Gasteiger partial charge in [0.25, 0.3) is 0 Å². The highest BCUT2D eigenvalue weighted by molar-refractivity contribution is 6.31. The minimum Gasteiger partial charge on any atom is -0.489 e. The summed E-state index contributed by atoms with van der Waals surface area (Å²) in [6.45, 7) is 1.69. The zero-order valence-corrected chi connectivity index (χ0v) is 14.3. The van der Waals surface area contributed by atoms with E-state index in [1.165, 1.54) is 12.1 Å². The van der Waals surface area contributed by atoms with Crippen molar-refractivity contribution in [2.75, 3.05) is 0 Å². The van der Waals surface area contributed by atoms with Crippen LogP contribution in [-0.2, 0) is 19.7 Å². The third kappa shape index (κ3) is 5.02. The van der Waals surface area contributed by atoms with Crippen molar-refractivity contribution in [1.82, 2.24) is 10.3 Å². The number of pyridine rings is 1. The molecule has 3 rings (SSSR count). The second kappa shape index (κ2) is 8.60. The molecule has 0 fully saturated rings. The van der Waals surface area contributed by atoms with Gasteiger partial charge in [0.1, 0.15) is 18.2 Å². The topological polar surface area (TPSA) is 34.1 Å². The van der Waals surface area contributed by atoms with Crippen molar-refractivity contribution in [1.29, 1.82) is 0 Å². The average Bonchev–Trinajstić information content (AvgIpc) is 2.63. The fourth-order valence-corrected chi connectivity index (χ4v) is 2.65. The summed E-state index contributed by atoms with van der Waals surface area (Å²) < 4.78 is 19.0. The van der Waals surface area contributed by atoms with Crippen LogP contribution < -0.4 is 10.1 Å². The minimum atomic E-state index is -0.353. The molecule has 128 valence electrons. The maximum atomic E-state index is 13.1. The molecule has 3 aromatic rings. The third-order valence-corrected chi connectivity index (χ3v) is 4.09. The van der Waals surface area contributed by atoms with Gasteiger partial charge >= 0.3 is 0 Å². The zero-order chi connectivity index (χ0) is 17.5. The molecule has 0 saturated carbocycles. The predicted molar refractivity (Wildman–Crippen MR) is 97.0 cm³/mol. The lowest BCUT2D eigenvalue weighted by molar-refractivity contribution is 0.302. The van der Waals surface area contributed by atoms with E-state index in [-0.39, 0.29) is 5.82 Å². The molecular weight excluding hydrogens is 339 g/mol. The van der Waals surface area contributed by atoms with Crippen LogP contribution in [0.1, 0.15) is 16.7 Å². The largest absolute Gasteiger partial charge is 0.489 e. The Labute approximate surface area is 151 Å². The van der Waals surface area contributed by atoms with Crippen LogP contribution in [0.4, 0.5) is 4.39 Å².